The SMILES string of the molecule is CNC(=O)C(=O)CCC[C@H](NC(=O)c1cncn1C)C(=O)Nc1ccc(S(=O)(=O)N2CCN(C)CC2)cc1.[HH].[HH].[HH]. The van der Waals surface area contributed by atoms with E-state index in [1.807, 2.05) is 7.05 Å². The average Bonchev–Trinajstić information content (AvgIpc) is 3.33. The second kappa shape index (κ2) is 12.8. The van der Waals surface area contributed by atoms with Crippen molar-refractivity contribution < 1.29 is 31.9 Å². The number of ketones is 1. The largest absolute Gasteiger partial charge is 0.353 e. The van der Waals surface area contributed by atoms with Crippen LogP contribution >= 0.6 is 0 Å². The molecule has 2 heterocycles. The molecule has 2 aromatic rings. The van der Waals surface area contributed by atoms with Gasteiger partial charge in [0.2, 0.25) is 21.7 Å². The van der Waals surface area contributed by atoms with E-state index in [1.165, 1.54) is 52.7 Å². The molecule has 3 amide bonds. The number of nitrogens with one attached hydrogen (secondary N) is 3. The van der Waals surface area contributed by atoms with Gasteiger partial charge in [0.15, 0.2) is 0 Å². The normalized spacial score (nSPS) is 15.4. The molecule has 1 saturated heterocycles. The van der Waals surface area contributed by atoms with Gasteiger partial charge >= 0.3 is 0 Å². The molecule has 3 N–H and O–H groups in total. The van der Waals surface area contributed by atoms with Gasteiger partial charge in [0.05, 0.1) is 17.4 Å². The van der Waals surface area contributed by atoms with Gasteiger partial charge in [-0.2, -0.15) is 4.31 Å². The lowest BCUT2D eigenvalue weighted by Gasteiger charge is -2.31. The van der Waals surface area contributed by atoms with E-state index in [0.717, 1.165) is 0 Å². The maximum absolute atomic E-state index is 13.1. The van der Waals surface area contributed by atoms with E-state index >= 15 is 0 Å². The Morgan fingerprint density at radius 1 is 1.05 bits per heavy atom. The Morgan fingerprint density at radius 3 is 2.29 bits per heavy atom. The van der Waals surface area contributed by atoms with E-state index in [9.17, 15) is 27.6 Å². The summed E-state index contributed by atoms with van der Waals surface area (Å²) in [5, 5.41) is 7.60. The molecule has 1 atom stereocenters. The molecule has 1 aliphatic rings. The Kier molecular flexibility index (Phi) is 9.72. The monoisotopic (exact) mass is 553 g/mol. The Bertz CT molecular complexity index is 1280. The summed E-state index contributed by atoms with van der Waals surface area (Å²) in [6.07, 6.45) is 2.98. The molecule has 0 unspecified atom stereocenters. The number of hydrogen-bond donors (Lipinski definition) is 3. The lowest BCUT2D eigenvalue weighted by molar-refractivity contribution is -0.137. The number of Topliss-reactive ketones (excluding diaryl/α,β-unsaturated/α-hetero) is 1. The fourth-order valence-corrected chi connectivity index (χ4v) is 5.34. The van der Waals surface area contributed by atoms with Crippen molar-refractivity contribution in [3.63, 3.8) is 0 Å². The number of likely N-dealkylation sites (N-methyl/N-ethyl adjacent to an activating group) is 2. The number of nitrogens with zero attached hydrogens (tertiary/aromatic N) is 4. The molecule has 14 heteroatoms. The highest BCUT2D eigenvalue weighted by Crippen LogP contribution is 2.20. The number of aryl methyl sites for hydroxylation is 1. The second-order valence-electron chi connectivity index (χ2n) is 9.03. The van der Waals surface area contributed by atoms with Crippen molar-refractivity contribution in [3.05, 3.63) is 42.5 Å². The smallest absolute Gasteiger partial charge is 0.287 e. The number of rotatable bonds is 11. The van der Waals surface area contributed by atoms with Gasteiger partial charge in [0.25, 0.3) is 11.8 Å². The molecule has 13 nitrogen and oxygen atoms in total. The summed E-state index contributed by atoms with van der Waals surface area (Å²) < 4.78 is 28.8. The fourth-order valence-electron chi connectivity index (χ4n) is 3.91. The van der Waals surface area contributed by atoms with E-state index < -0.39 is 39.6 Å². The van der Waals surface area contributed by atoms with Crippen LogP contribution in [-0.2, 0) is 31.5 Å². The molecule has 0 radical (unpaired) electrons. The fraction of sp³-hybridized carbons (Fsp3) is 0.458. The van der Waals surface area contributed by atoms with Gasteiger partial charge in [-0.05, 0) is 44.2 Å². The number of benzene rings is 1. The van der Waals surface area contributed by atoms with Crippen LogP contribution in [0.3, 0.4) is 0 Å². The van der Waals surface area contributed by atoms with E-state index in [2.05, 4.69) is 25.8 Å². The summed E-state index contributed by atoms with van der Waals surface area (Å²) in [4.78, 5) is 55.2. The number of carbonyl (C=O) groups is 4. The molecule has 1 fully saturated rings. The topological polar surface area (TPSA) is 163 Å². The molecule has 1 aliphatic heterocycles. The van der Waals surface area contributed by atoms with E-state index in [0.29, 0.717) is 31.9 Å². The summed E-state index contributed by atoms with van der Waals surface area (Å²) in [5.74, 6) is -2.43. The lowest BCUT2D eigenvalue weighted by atomic mass is 10.1. The van der Waals surface area contributed by atoms with Crippen molar-refractivity contribution >= 4 is 39.2 Å². The van der Waals surface area contributed by atoms with Crippen molar-refractivity contribution in [1.82, 2.24) is 29.4 Å². The van der Waals surface area contributed by atoms with E-state index in [1.54, 1.807) is 7.05 Å². The summed E-state index contributed by atoms with van der Waals surface area (Å²) in [7, 11) is 1.27. The molecular formula is C24H39N7O6S. The van der Waals surface area contributed by atoms with Gasteiger partial charge < -0.3 is 25.4 Å². The minimum atomic E-state index is -3.66. The molecular weight excluding hydrogens is 514 g/mol. The van der Waals surface area contributed by atoms with Gasteiger partial charge in [0, 0.05) is 56.7 Å². The summed E-state index contributed by atoms with van der Waals surface area (Å²) in [6.45, 7) is 2.09. The van der Waals surface area contributed by atoms with Gasteiger partial charge in [-0.1, -0.05) is 0 Å². The van der Waals surface area contributed by atoms with Crippen molar-refractivity contribution in [2.24, 2.45) is 7.05 Å². The van der Waals surface area contributed by atoms with Crippen LogP contribution in [0, 0.1) is 0 Å². The third-order valence-electron chi connectivity index (χ3n) is 6.27. The molecule has 212 valence electrons. The first-order chi connectivity index (χ1) is 18.0. The molecule has 0 saturated carbocycles. The van der Waals surface area contributed by atoms with Crippen molar-refractivity contribution in [3.8, 4) is 0 Å². The quantitative estimate of drug-likeness (QED) is 0.335. The highest BCUT2D eigenvalue weighted by Gasteiger charge is 2.28. The van der Waals surface area contributed by atoms with Crippen LogP contribution in [0.15, 0.2) is 41.7 Å². The maximum atomic E-state index is 13.1. The molecule has 1 aromatic carbocycles. The second-order valence-corrected chi connectivity index (χ2v) is 11.0. The van der Waals surface area contributed by atoms with E-state index in [4.69, 9.17) is 0 Å². The third kappa shape index (κ3) is 7.24. The Balaban J connectivity index is 0.00000533. The summed E-state index contributed by atoms with van der Waals surface area (Å²) in [5.41, 5.74) is 0.580. The van der Waals surface area contributed by atoms with Gasteiger partial charge in [-0.3, -0.25) is 19.2 Å². The van der Waals surface area contributed by atoms with Crippen LogP contribution in [0.5, 0.6) is 0 Å². The molecule has 3 rings (SSSR count). The minimum Gasteiger partial charge on any atom is -0.353 e. The lowest BCUT2D eigenvalue weighted by Crippen LogP contribution is -2.47. The molecule has 0 aliphatic carbocycles. The zero-order valence-corrected chi connectivity index (χ0v) is 22.5. The van der Waals surface area contributed by atoms with Gasteiger partial charge in [-0.15, -0.1) is 0 Å². The number of hydrogen-bond acceptors (Lipinski definition) is 8. The third-order valence-corrected chi connectivity index (χ3v) is 8.18. The number of piperazine rings is 1. The van der Waals surface area contributed by atoms with Crippen LogP contribution in [0.2, 0.25) is 0 Å². The predicted octanol–water partition coefficient (Wildman–Crippen LogP) is 0.317. The van der Waals surface area contributed by atoms with Crippen LogP contribution < -0.4 is 16.0 Å². The summed E-state index contributed by atoms with van der Waals surface area (Å²) >= 11 is 0. The number of aromatic nitrogens is 2. The number of anilines is 1. The van der Waals surface area contributed by atoms with Crippen LogP contribution in [-0.4, -0.2) is 97.0 Å². The Hall–Kier alpha value is -3.62. The summed E-state index contributed by atoms with van der Waals surface area (Å²) in [6, 6.07) is 4.79. The maximum Gasteiger partial charge on any atom is 0.287 e. The average molecular weight is 554 g/mol. The zero-order chi connectivity index (χ0) is 27.9. The number of imidazole rings is 1. The molecule has 0 spiro atoms. The standard InChI is InChI=1S/C24H33N7O6S.3H2/c1-25-24(35)21(32)6-4-5-19(28-23(34)20-15-26-16-30(20)3)22(33)27-17-7-9-18(10-8-17)38(36,37)31-13-11-29(2)12-14-31;;;/h7-10,15-16,19H,4-6,11-14H2,1-3H3,(H,25,35)(H,27,33)(H,28,34);3*1H/t19-;;;/m0.../s1. The first kappa shape index (κ1) is 28.9. The number of sulfonamides is 1. The highest BCUT2D eigenvalue weighted by atomic mass is 32.2. The first-order valence-electron chi connectivity index (χ1n) is 12.1. The van der Waals surface area contributed by atoms with Crippen molar-refractivity contribution in [1.29, 1.82) is 0 Å². The molecule has 1 aromatic heterocycles. The molecule has 38 heavy (non-hydrogen) atoms. The van der Waals surface area contributed by atoms with Gasteiger partial charge in [0.1, 0.15) is 11.7 Å². The first-order valence-corrected chi connectivity index (χ1v) is 13.6. The predicted molar refractivity (Wildman–Crippen MR) is 145 cm³/mol. The van der Waals surface area contributed by atoms with Crippen molar-refractivity contribution in [2.45, 2.75) is 30.2 Å². The highest BCUT2D eigenvalue weighted by molar-refractivity contribution is 7.89. The van der Waals surface area contributed by atoms with Crippen molar-refractivity contribution in [2.75, 3.05) is 45.6 Å². The number of carbonyl (C=O) groups excluding carboxylic acids is 4. The van der Waals surface area contributed by atoms with Crippen LogP contribution in [0.25, 0.3) is 0 Å². The Morgan fingerprint density at radius 2 is 1.71 bits per heavy atom. The van der Waals surface area contributed by atoms with Gasteiger partial charge in [-0.25, -0.2) is 13.4 Å². The minimum absolute atomic E-state index is 0. The molecule has 0 bridgehead atoms. The van der Waals surface area contributed by atoms with E-state index in [-0.39, 0.29) is 34.1 Å². The Labute approximate surface area is 226 Å². The number of amides is 3. The van der Waals surface area contributed by atoms with Crippen LogP contribution in [0.1, 0.15) is 34.0 Å². The van der Waals surface area contributed by atoms with Crippen LogP contribution in [0.4, 0.5) is 5.69 Å². The zero-order valence-electron chi connectivity index (χ0n) is 21.6.